The fraction of sp³-hybridized carbons (Fsp3) is 0.833. The molecule has 0 bridgehead atoms. The van der Waals surface area contributed by atoms with Crippen LogP contribution in [0, 0.1) is 22.7 Å². The van der Waals surface area contributed by atoms with Crippen LogP contribution in [0.25, 0.3) is 0 Å². The highest BCUT2D eigenvalue weighted by atomic mass is 16.5. The van der Waals surface area contributed by atoms with Gasteiger partial charge in [-0.2, -0.15) is 5.26 Å². The molecule has 0 aromatic rings. The Labute approximate surface area is 96.2 Å². The lowest BCUT2D eigenvalue weighted by atomic mass is 9.96. The van der Waals surface area contributed by atoms with Gasteiger partial charge >= 0.3 is 0 Å². The van der Waals surface area contributed by atoms with Crippen LogP contribution in [0.15, 0.2) is 0 Å². The summed E-state index contributed by atoms with van der Waals surface area (Å²) in [5, 5.41) is 8.98. The van der Waals surface area contributed by atoms with E-state index in [-0.39, 0.29) is 5.91 Å². The van der Waals surface area contributed by atoms with Crippen molar-refractivity contribution in [1.82, 2.24) is 4.90 Å². The van der Waals surface area contributed by atoms with Crippen molar-refractivity contribution >= 4 is 5.91 Å². The number of carbonyl (C=O) groups is 1. The number of piperidine rings is 1. The molecule has 1 aliphatic heterocycles. The van der Waals surface area contributed by atoms with Gasteiger partial charge in [0, 0.05) is 26.8 Å². The predicted molar refractivity (Wildman–Crippen MR) is 58.5 cm³/mol. The molecule has 2 rings (SSSR count). The van der Waals surface area contributed by atoms with Crippen molar-refractivity contribution in [3.63, 3.8) is 0 Å². The van der Waals surface area contributed by atoms with Gasteiger partial charge in [-0.1, -0.05) is 0 Å². The van der Waals surface area contributed by atoms with Crippen LogP contribution in [0.3, 0.4) is 0 Å². The van der Waals surface area contributed by atoms with Crippen molar-refractivity contribution in [2.45, 2.75) is 25.7 Å². The van der Waals surface area contributed by atoms with Crippen LogP contribution in [0.2, 0.25) is 0 Å². The largest absolute Gasteiger partial charge is 0.384 e. The van der Waals surface area contributed by atoms with Crippen molar-refractivity contribution < 1.29 is 9.53 Å². The van der Waals surface area contributed by atoms with E-state index in [0.717, 1.165) is 45.4 Å². The number of hydrogen-bond acceptors (Lipinski definition) is 3. The maximum absolute atomic E-state index is 12.1. The number of nitriles is 1. The lowest BCUT2D eigenvalue weighted by molar-refractivity contribution is -0.136. The molecule has 1 saturated carbocycles. The molecule has 0 atom stereocenters. The van der Waals surface area contributed by atoms with Crippen molar-refractivity contribution in [2.24, 2.45) is 11.3 Å². The number of hydrogen-bond donors (Lipinski definition) is 0. The molecule has 2 aliphatic rings. The number of nitrogens with zero attached hydrogens (tertiary/aromatic N) is 2. The summed E-state index contributed by atoms with van der Waals surface area (Å²) in [4.78, 5) is 13.9. The summed E-state index contributed by atoms with van der Waals surface area (Å²) in [5.74, 6) is 0.636. The monoisotopic (exact) mass is 222 g/mol. The van der Waals surface area contributed by atoms with Gasteiger partial charge in [0.25, 0.3) is 0 Å². The van der Waals surface area contributed by atoms with Crippen molar-refractivity contribution in [3.05, 3.63) is 0 Å². The summed E-state index contributed by atoms with van der Waals surface area (Å²) in [6, 6.07) is 2.17. The van der Waals surface area contributed by atoms with E-state index in [2.05, 4.69) is 6.07 Å². The first-order valence-corrected chi connectivity index (χ1v) is 5.91. The third kappa shape index (κ3) is 2.05. The molecular formula is C12H18N2O2. The molecule has 4 nitrogen and oxygen atoms in total. The highest BCUT2D eigenvalue weighted by Gasteiger charge is 2.52. The van der Waals surface area contributed by atoms with Crippen LogP contribution in [-0.2, 0) is 9.53 Å². The highest BCUT2D eigenvalue weighted by molar-refractivity contribution is 5.88. The van der Waals surface area contributed by atoms with Gasteiger partial charge in [-0.05, 0) is 31.6 Å². The van der Waals surface area contributed by atoms with Gasteiger partial charge in [0.05, 0.1) is 6.07 Å². The number of methoxy groups -OCH3 is 1. The van der Waals surface area contributed by atoms with Gasteiger partial charge in [-0.25, -0.2) is 0 Å². The van der Waals surface area contributed by atoms with Gasteiger partial charge in [-0.15, -0.1) is 0 Å². The summed E-state index contributed by atoms with van der Waals surface area (Å²) >= 11 is 0. The molecule has 0 radical (unpaired) electrons. The topological polar surface area (TPSA) is 53.3 Å². The fourth-order valence-corrected chi connectivity index (χ4v) is 2.34. The molecular weight excluding hydrogens is 204 g/mol. The van der Waals surface area contributed by atoms with E-state index >= 15 is 0 Å². The second kappa shape index (κ2) is 4.42. The first-order chi connectivity index (χ1) is 7.72. The summed E-state index contributed by atoms with van der Waals surface area (Å²) in [6.45, 7) is 2.36. The Morgan fingerprint density at radius 2 is 2.12 bits per heavy atom. The molecule has 1 heterocycles. The number of carbonyl (C=O) groups excluding carboxylic acids is 1. The van der Waals surface area contributed by atoms with Crippen LogP contribution in [0.5, 0.6) is 0 Å². The van der Waals surface area contributed by atoms with Crippen molar-refractivity contribution in [3.8, 4) is 6.07 Å². The van der Waals surface area contributed by atoms with Crippen molar-refractivity contribution in [2.75, 3.05) is 26.8 Å². The molecule has 0 aromatic heterocycles. The van der Waals surface area contributed by atoms with Gasteiger partial charge < -0.3 is 9.64 Å². The summed E-state index contributed by atoms with van der Waals surface area (Å²) in [7, 11) is 1.71. The predicted octanol–water partition coefficient (Wildman–Crippen LogP) is 1.18. The molecule has 1 saturated heterocycles. The zero-order valence-corrected chi connectivity index (χ0v) is 9.74. The van der Waals surface area contributed by atoms with Crippen molar-refractivity contribution in [1.29, 1.82) is 5.26 Å². The third-order valence-electron chi connectivity index (χ3n) is 3.68. The molecule has 2 fully saturated rings. The minimum atomic E-state index is -0.645. The Hall–Kier alpha value is -1.08. The molecule has 0 N–H and O–H groups in total. The van der Waals surface area contributed by atoms with Crippen LogP contribution in [-0.4, -0.2) is 37.6 Å². The Balaban J connectivity index is 1.85. The Bertz CT molecular complexity index is 309. The van der Waals surface area contributed by atoms with Gasteiger partial charge in [0.15, 0.2) is 0 Å². The zero-order chi connectivity index (χ0) is 11.6. The number of amides is 1. The van der Waals surface area contributed by atoms with E-state index in [9.17, 15) is 4.79 Å². The first kappa shape index (κ1) is 11.4. The van der Waals surface area contributed by atoms with E-state index in [1.807, 2.05) is 4.90 Å². The van der Waals surface area contributed by atoms with Gasteiger partial charge in [0.2, 0.25) is 5.91 Å². The lowest BCUT2D eigenvalue weighted by Gasteiger charge is -2.32. The lowest BCUT2D eigenvalue weighted by Crippen LogP contribution is -2.42. The molecule has 1 amide bonds. The molecule has 88 valence electrons. The molecule has 16 heavy (non-hydrogen) atoms. The minimum Gasteiger partial charge on any atom is -0.384 e. The van der Waals surface area contributed by atoms with E-state index in [1.165, 1.54) is 0 Å². The van der Waals surface area contributed by atoms with Crippen LogP contribution < -0.4 is 0 Å². The van der Waals surface area contributed by atoms with Crippen LogP contribution in [0.1, 0.15) is 25.7 Å². The molecule has 0 aromatic carbocycles. The quantitative estimate of drug-likeness (QED) is 0.720. The molecule has 4 heteroatoms. The minimum absolute atomic E-state index is 0.0610. The molecule has 0 unspecified atom stereocenters. The maximum atomic E-state index is 12.1. The summed E-state index contributed by atoms with van der Waals surface area (Å²) < 4.78 is 5.12. The normalized spacial score (nSPS) is 23.9. The first-order valence-electron chi connectivity index (χ1n) is 5.91. The average Bonchev–Trinajstić information content (AvgIpc) is 3.10. The third-order valence-corrected chi connectivity index (χ3v) is 3.68. The smallest absolute Gasteiger partial charge is 0.243 e. The van der Waals surface area contributed by atoms with E-state index in [1.54, 1.807) is 7.11 Å². The van der Waals surface area contributed by atoms with Gasteiger partial charge in [-0.3, -0.25) is 4.79 Å². The van der Waals surface area contributed by atoms with Crippen LogP contribution in [0.4, 0.5) is 0 Å². The second-order valence-electron chi connectivity index (χ2n) is 4.88. The maximum Gasteiger partial charge on any atom is 0.243 e. The van der Waals surface area contributed by atoms with E-state index < -0.39 is 5.41 Å². The average molecular weight is 222 g/mol. The highest BCUT2D eigenvalue weighted by Crippen LogP contribution is 2.46. The summed E-state index contributed by atoms with van der Waals surface area (Å²) in [6.07, 6.45) is 3.50. The van der Waals surface area contributed by atoms with E-state index in [4.69, 9.17) is 10.00 Å². The number of ether oxygens (including phenoxy) is 1. The SMILES string of the molecule is COCC1CCN(C(=O)C2(C#N)CC2)CC1. The fourth-order valence-electron chi connectivity index (χ4n) is 2.34. The second-order valence-corrected chi connectivity index (χ2v) is 4.88. The standard InChI is InChI=1S/C12H18N2O2/c1-16-8-10-2-6-14(7-3-10)11(15)12(9-13)4-5-12/h10H,2-8H2,1H3. The summed E-state index contributed by atoms with van der Waals surface area (Å²) in [5.41, 5.74) is -0.645. The number of rotatable bonds is 3. The van der Waals surface area contributed by atoms with Gasteiger partial charge in [0.1, 0.15) is 5.41 Å². The van der Waals surface area contributed by atoms with E-state index in [0.29, 0.717) is 5.92 Å². The number of likely N-dealkylation sites (tertiary alicyclic amines) is 1. The Morgan fingerprint density at radius 1 is 1.50 bits per heavy atom. The zero-order valence-electron chi connectivity index (χ0n) is 9.74. The Morgan fingerprint density at radius 3 is 2.56 bits per heavy atom. The molecule has 1 aliphatic carbocycles. The van der Waals surface area contributed by atoms with Crippen LogP contribution >= 0.6 is 0 Å². The molecule has 0 spiro atoms. The Kier molecular flexibility index (Phi) is 3.15.